The van der Waals surface area contributed by atoms with E-state index in [4.69, 9.17) is 0 Å². The molecule has 1 aromatic carbocycles. The Morgan fingerprint density at radius 3 is 2.73 bits per heavy atom. The van der Waals surface area contributed by atoms with Crippen molar-refractivity contribution in [3.8, 4) is 0 Å². The maximum absolute atomic E-state index is 4.40. The van der Waals surface area contributed by atoms with Gasteiger partial charge in [0.1, 0.15) is 0 Å². The second-order valence-electron chi connectivity index (χ2n) is 7.51. The zero-order valence-electron chi connectivity index (χ0n) is 16.7. The fourth-order valence-corrected chi connectivity index (χ4v) is 3.81. The molecule has 0 radical (unpaired) electrons. The standard InChI is InChI=1S/C21H35N5/c1-4-25(19-10-11-19)15-12-23-21(22-3)24-17(2)18-8-7-9-20(16-18)26-13-5-6-14-26/h7-9,16-17,19H,4-6,10-15H2,1-3H3,(H2,22,23,24). The van der Waals surface area contributed by atoms with Crippen LogP contribution in [0.15, 0.2) is 29.3 Å². The zero-order chi connectivity index (χ0) is 18.4. The third-order valence-electron chi connectivity index (χ3n) is 5.58. The van der Waals surface area contributed by atoms with Crippen molar-refractivity contribution in [2.45, 2.75) is 51.6 Å². The SMILES string of the molecule is CCN(CCNC(=NC)NC(C)c1cccc(N2CCCC2)c1)C1CC1. The smallest absolute Gasteiger partial charge is 0.191 e. The molecule has 1 aliphatic carbocycles. The maximum Gasteiger partial charge on any atom is 0.191 e. The van der Waals surface area contributed by atoms with E-state index in [1.165, 1.54) is 50.0 Å². The summed E-state index contributed by atoms with van der Waals surface area (Å²) >= 11 is 0. The molecule has 1 atom stereocenters. The van der Waals surface area contributed by atoms with E-state index in [9.17, 15) is 0 Å². The first-order chi connectivity index (χ1) is 12.7. The van der Waals surface area contributed by atoms with Crippen LogP contribution in [0.4, 0.5) is 5.69 Å². The van der Waals surface area contributed by atoms with Gasteiger partial charge < -0.3 is 15.5 Å². The molecule has 3 rings (SSSR count). The van der Waals surface area contributed by atoms with Gasteiger partial charge in [-0.15, -0.1) is 0 Å². The first kappa shape index (κ1) is 19.0. The monoisotopic (exact) mass is 357 g/mol. The lowest BCUT2D eigenvalue weighted by Gasteiger charge is -2.23. The minimum Gasteiger partial charge on any atom is -0.372 e. The molecule has 26 heavy (non-hydrogen) atoms. The summed E-state index contributed by atoms with van der Waals surface area (Å²) in [5.41, 5.74) is 2.66. The van der Waals surface area contributed by atoms with Crippen LogP contribution in [0.1, 0.15) is 51.1 Å². The molecule has 0 aromatic heterocycles. The molecule has 2 N–H and O–H groups in total. The molecule has 1 saturated heterocycles. The molecule has 1 aromatic rings. The van der Waals surface area contributed by atoms with E-state index in [-0.39, 0.29) is 6.04 Å². The van der Waals surface area contributed by atoms with Crippen molar-refractivity contribution in [1.29, 1.82) is 0 Å². The van der Waals surface area contributed by atoms with Gasteiger partial charge in [-0.1, -0.05) is 19.1 Å². The van der Waals surface area contributed by atoms with Crippen molar-refractivity contribution in [2.24, 2.45) is 4.99 Å². The number of guanidine groups is 1. The number of rotatable bonds is 8. The highest BCUT2D eigenvalue weighted by atomic mass is 15.2. The summed E-state index contributed by atoms with van der Waals surface area (Å²) in [6, 6.07) is 9.98. The molecular formula is C21H35N5. The van der Waals surface area contributed by atoms with Crippen LogP contribution in [0.5, 0.6) is 0 Å². The number of aliphatic imine (C=N–C) groups is 1. The molecule has 1 unspecified atom stereocenters. The van der Waals surface area contributed by atoms with E-state index in [0.29, 0.717) is 0 Å². The third kappa shape index (κ3) is 5.13. The Morgan fingerprint density at radius 2 is 2.08 bits per heavy atom. The molecule has 1 aliphatic heterocycles. The van der Waals surface area contributed by atoms with Crippen LogP contribution in [0.25, 0.3) is 0 Å². The molecule has 144 valence electrons. The molecule has 1 saturated carbocycles. The average Bonchev–Trinajstić information content (AvgIpc) is 3.36. The van der Waals surface area contributed by atoms with Gasteiger partial charge in [0.25, 0.3) is 0 Å². The Morgan fingerprint density at radius 1 is 1.31 bits per heavy atom. The van der Waals surface area contributed by atoms with Crippen LogP contribution in [-0.4, -0.2) is 56.7 Å². The van der Waals surface area contributed by atoms with Crippen LogP contribution < -0.4 is 15.5 Å². The van der Waals surface area contributed by atoms with Crippen molar-refractivity contribution < 1.29 is 0 Å². The van der Waals surface area contributed by atoms with E-state index in [1.54, 1.807) is 0 Å². The fraction of sp³-hybridized carbons (Fsp3) is 0.667. The molecule has 2 aliphatic rings. The fourth-order valence-electron chi connectivity index (χ4n) is 3.81. The van der Waals surface area contributed by atoms with Crippen LogP contribution in [-0.2, 0) is 0 Å². The second-order valence-corrected chi connectivity index (χ2v) is 7.51. The van der Waals surface area contributed by atoms with Crippen LogP contribution in [0.2, 0.25) is 0 Å². The van der Waals surface area contributed by atoms with Crippen molar-refractivity contribution in [2.75, 3.05) is 44.7 Å². The summed E-state index contributed by atoms with van der Waals surface area (Å²) in [5.74, 6) is 0.885. The number of hydrogen-bond acceptors (Lipinski definition) is 3. The minimum absolute atomic E-state index is 0.231. The van der Waals surface area contributed by atoms with Crippen LogP contribution in [0.3, 0.4) is 0 Å². The number of nitrogens with one attached hydrogen (secondary N) is 2. The predicted octanol–water partition coefficient (Wildman–Crippen LogP) is 3.00. The van der Waals surface area contributed by atoms with Crippen LogP contribution in [0, 0.1) is 0 Å². The lowest BCUT2D eigenvalue weighted by atomic mass is 10.1. The largest absolute Gasteiger partial charge is 0.372 e. The van der Waals surface area contributed by atoms with Crippen molar-refractivity contribution in [3.05, 3.63) is 29.8 Å². The van der Waals surface area contributed by atoms with Crippen molar-refractivity contribution in [3.63, 3.8) is 0 Å². The zero-order valence-corrected chi connectivity index (χ0v) is 16.7. The topological polar surface area (TPSA) is 42.9 Å². The quantitative estimate of drug-likeness (QED) is 0.554. The van der Waals surface area contributed by atoms with E-state index < -0.39 is 0 Å². The van der Waals surface area contributed by atoms with Gasteiger partial charge in [-0.3, -0.25) is 9.89 Å². The molecule has 1 heterocycles. The minimum atomic E-state index is 0.231. The van der Waals surface area contributed by atoms with E-state index >= 15 is 0 Å². The average molecular weight is 358 g/mol. The summed E-state index contributed by atoms with van der Waals surface area (Å²) in [4.78, 5) is 9.45. The van der Waals surface area contributed by atoms with Gasteiger partial charge in [0, 0.05) is 45.0 Å². The number of nitrogens with zero attached hydrogens (tertiary/aromatic N) is 3. The Hall–Kier alpha value is -1.75. The van der Waals surface area contributed by atoms with Gasteiger partial charge in [-0.25, -0.2) is 0 Å². The Bertz CT molecular complexity index is 590. The molecular weight excluding hydrogens is 322 g/mol. The van der Waals surface area contributed by atoms with Gasteiger partial charge in [0.05, 0.1) is 6.04 Å². The lowest BCUT2D eigenvalue weighted by molar-refractivity contribution is 0.282. The third-order valence-corrected chi connectivity index (χ3v) is 5.58. The Balaban J connectivity index is 1.50. The Labute approximate surface area is 158 Å². The maximum atomic E-state index is 4.40. The van der Waals surface area contributed by atoms with Crippen molar-refractivity contribution in [1.82, 2.24) is 15.5 Å². The number of hydrogen-bond donors (Lipinski definition) is 2. The van der Waals surface area contributed by atoms with Gasteiger partial charge >= 0.3 is 0 Å². The van der Waals surface area contributed by atoms with Gasteiger partial charge in [-0.05, 0) is 56.8 Å². The summed E-state index contributed by atoms with van der Waals surface area (Å²) in [7, 11) is 1.85. The highest BCUT2D eigenvalue weighted by Crippen LogP contribution is 2.26. The first-order valence-electron chi connectivity index (χ1n) is 10.3. The molecule has 5 heteroatoms. The number of benzene rings is 1. The predicted molar refractivity (Wildman–Crippen MR) is 111 cm³/mol. The van der Waals surface area contributed by atoms with Gasteiger partial charge in [0.15, 0.2) is 5.96 Å². The summed E-state index contributed by atoms with van der Waals surface area (Å²) in [6.45, 7) is 9.98. The number of anilines is 1. The molecule has 2 fully saturated rings. The lowest BCUT2D eigenvalue weighted by Crippen LogP contribution is -2.42. The van der Waals surface area contributed by atoms with Gasteiger partial charge in [-0.2, -0.15) is 0 Å². The first-order valence-corrected chi connectivity index (χ1v) is 10.3. The molecule has 0 amide bonds. The summed E-state index contributed by atoms with van der Waals surface area (Å²) in [6.07, 6.45) is 5.35. The van der Waals surface area contributed by atoms with E-state index in [0.717, 1.165) is 31.6 Å². The highest BCUT2D eigenvalue weighted by molar-refractivity contribution is 5.80. The molecule has 0 bridgehead atoms. The van der Waals surface area contributed by atoms with Gasteiger partial charge in [0.2, 0.25) is 0 Å². The highest BCUT2D eigenvalue weighted by Gasteiger charge is 2.27. The Kier molecular flexibility index (Phi) is 6.78. The molecule has 5 nitrogen and oxygen atoms in total. The second kappa shape index (κ2) is 9.26. The van der Waals surface area contributed by atoms with Crippen LogP contribution >= 0.6 is 0 Å². The van der Waals surface area contributed by atoms with E-state index in [2.05, 4.69) is 63.5 Å². The van der Waals surface area contributed by atoms with Crippen molar-refractivity contribution >= 4 is 11.6 Å². The normalized spacial score (nSPS) is 19.1. The number of likely N-dealkylation sites (N-methyl/N-ethyl adjacent to an activating group) is 1. The summed E-state index contributed by atoms with van der Waals surface area (Å²) in [5, 5.41) is 7.01. The van der Waals surface area contributed by atoms with E-state index in [1.807, 2.05) is 7.05 Å². The molecule has 0 spiro atoms. The summed E-state index contributed by atoms with van der Waals surface area (Å²) < 4.78 is 0.